The van der Waals surface area contributed by atoms with Crippen molar-refractivity contribution in [2.75, 3.05) is 13.2 Å². The predicted molar refractivity (Wildman–Crippen MR) is 89.1 cm³/mol. The van der Waals surface area contributed by atoms with E-state index in [-0.39, 0.29) is 4.82 Å². The van der Waals surface area contributed by atoms with Gasteiger partial charge in [-0.15, -0.1) is 0 Å². The number of rotatable bonds is 14. The molecule has 0 spiro atoms. The fourth-order valence-electron chi connectivity index (χ4n) is 2.19. The summed E-state index contributed by atoms with van der Waals surface area (Å²) in [6, 6.07) is 0. The maximum atomic E-state index is 12.5. The Hall–Kier alpha value is -1.04. The SMILES string of the molecule is [2H]C(=O)COC[C@@H](O)[C@](O)(CC([2H])=O)[C@@](O)(CC([2H])=O)[C@@](N)(O)C(=O)[Se]C(C)C. The average molecular weight is 445 g/mol. The van der Waals surface area contributed by atoms with Crippen LogP contribution in [-0.4, -0.2) is 95.1 Å². The number of carbonyl (C=O) groups excluding carboxylic acids is 4. The summed E-state index contributed by atoms with van der Waals surface area (Å²) in [5, 5.41) is 42.9. The molecular weight excluding hydrogens is 417 g/mol. The Labute approximate surface area is 161 Å². The van der Waals surface area contributed by atoms with Crippen LogP contribution < -0.4 is 5.73 Å². The number of hydrogen-bond acceptors (Lipinski definition) is 10. The number of aliphatic hydroxyl groups is 4. The number of hydrogen-bond donors (Lipinski definition) is 5. The van der Waals surface area contributed by atoms with Crippen LogP contribution >= 0.6 is 0 Å². The van der Waals surface area contributed by atoms with E-state index in [4.69, 9.17) is 9.85 Å². The summed E-state index contributed by atoms with van der Waals surface area (Å²) in [4.78, 5) is 45.6. The molecule has 11 heteroatoms. The zero-order valence-corrected chi connectivity index (χ0v) is 16.0. The molecule has 0 aliphatic heterocycles. The van der Waals surface area contributed by atoms with Crippen LogP contribution in [0.15, 0.2) is 0 Å². The monoisotopic (exact) mass is 446 g/mol. The zero-order chi connectivity index (χ0) is 23.2. The first-order valence-electron chi connectivity index (χ1n) is 8.92. The maximum absolute atomic E-state index is 12.5. The Kier molecular flexibility index (Phi) is 7.84. The van der Waals surface area contributed by atoms with E-state index in [1.54, 1.807) is 13.8 Å². The zero-order valence-electron chi connectivity index (χ0n) is 17.3. The van der Waals surface area contributed by atoms with E-state index in [1.165, 1.54) is 0 Å². The van der Waals surface area contributed by atoms with E-state index < -0.39 is 87.5 Å². The van der Waals surface area contributed by atoms with E-state index in [0.29, 0.717) is 0 Å². The summed E-state index contributed by atoms with van der Waals surface area (Å²) >= 11 is -1.08. The number of nitrogens with two attached hydrogens (primary N) is 1. The van der Waals surface area contributed by atoms with E-state index >= 15 is 0 Å². The first kappa shape index (κ1) is 19.7. The van der Waals surface area contributed by atoms with Gasteiger partial charge in [0.05, 0.1) is 0 Å². The van der Waals surface area contributed by atoms with Crippen LogP contribution in [0.1, 0.15) is 30.8 Å². The molecule has 0 bridgehead atoms. The Balaban J connectivity index is 6.37. The number of aldehydes is 3. The summed E-state index contributed by atoms with van der Waals surface area (Å²) in [6.45, 7) is 1.33. The van der Waals surface area contributed by atoms with Crippen molar-refractivity contribution in [3.8, 4) is 0 Å². The van der Waals surface area contributed by atoms with Gasteiger partial charge in [-0.1, -0.05) is 0 Å². The first-order valence-corrected chi connectivity index (χ1v) is 9.27. The third-order valence-electron chi connectivity index (χ3n) is 3.66. The normalized spacial score (nSPS) is 21.3. The molecule has 10 nitrogen and oxygen atoms in total. The second kappa shape index (κ2) is 10.3. The Morgan fingerprint density at radius 3 is 2.15 bits per heavy atom. The predicted octanol–water partition coefficient (Wildman–Crippen LogP) is -3.09. The molecule has 0 saturated carbocycles. The van der Waals surface area contributed by atoms with Gasteiger partial charge in [0.25, 0.3) is 0 Å². The van der Waals surface area contributed by atoms with Gasteiger partial charge in [0, 0.05) is 0 Å². The third kappa shape index (κ3) is 5.24. The summed E-state index contributed by atoms with van der Waals surface area (Å²) in [5.41, 5.74) is -4.56. The number of aliphatic hydroxyl groups excluding tert-OH is 1. The first-order chi connectivity index (χ1) is 13.0. The molecular formula is C15H25NO9Se. The van der Waals surface area contributed by atoms with Gasteiger partial charge in [0.15, 0.2) is 0 Å². The fraction of sp³-hybridized carbons (Fsp3) is 0.733. The molecule has 0 aromatic rings. The van der Waals surface area contributed by atoms with Crippen LogP contribution in [0.25, 0.3) is 0 Å². The molecule has 0 saturated heterocycles. The second-order valence-electron chi connectivity index (χ2n) is 5.82. The van der Waals surface area contributed by atoms with Crippen molar-refractivity contribution in [1.29, 1.82) is 0 Å². The minimum atomic E-state index is -3.46. The summed E-state index contributed by atoms with van der Waals surface area (Å²) in [5.74, 6) is 0. The quantitative estimate of drug-likeness (QED) is 0.104. The molecule has 0 amide bonds. The van der Waals surface area contributed by atoms with Gasteiger partial charge in [-0.3, -0.25) is 0 Å². The van der Waals surface area contributed by atoms with Crippen molar-refractivity contribution in [3.05, 3.63) is 0 Å². The third-order valence-corrected chi connectivity index (χ3v) is 5.75. The molecule has 0 aromatic heterocycles. The Bertz CT molecular complexity index is 649. The van der Waals surface area contributed by atoms with Crippen molar-refractivity contribution in [3.63, 3.8) is 0 Å². The molecule has 0 unspecified atom stereocenters. The molecule has 0 rings (SSSR count). The van der Waals surface area contributed by atoms with Gasteiger partial charge in [0.1, 0.15) is 0 Å². The Morgan fingerprint density at radius 1 is 1.19 bits per heavy atom. The van der Waals surface area contributed by atoms with Gasteiger partial charge in [-0.05, 0) is 0 Å². The van der Waals surface area contributed by atoms with Gasteiger partial charge in [-0.2, -0.15) is 0 Å². The second-order valence-corrected chi connectivity index (χ2v) is 9.07. The van der Waals surface area contributed by atoms with Gasteiger partial charge >= 0.3 is 160 Å². The molecule has 0 aromatic carbocycles. The van der Waals surface area contributed by atoms with Gasteiger partial charge in [-0.25, -0.2) is 0 Å². The molecule has 0 aliphatic carbocycles. The topological polar surface area (TPSA) is 184 Å². The van der Waals surface area contributed by atoms with E-state index in [0.717, 1.165) is 0 Å². The van der Waals surface area contributed by atoms with Crippen molar-refractivity contribution >= 4 is 38.4 Å². The molecule has 4 atom stereocenters. The summed E-state index contributed by atoms with van der Waals surface area (Å²) in [7, 11) is 0. The van der Waals surface area contributed by atoms with Crippen LogP contribution in [0.5, 0.6) is 0 Å². The van der Waals surface area contributed by atoms with Gasteiger partial charge in [0.2, 0.25) is 0 Å². The molecule has 0 radical (unpaired) electrons. The van der Waals surface area contributed by atoms with Crippen LogP contribution in [0, 0.1) is 0 Å². The molecule has 26 heavy (non-hydrogen) atoms. The summed E-state index contributed by atoms with van der Waals surface area (Å²) < 4.78 is 24.3. The van der Waals surface area contributed by atoms with Gasteiger partial charge < -0.3 is 0 Å². The molecule has 6 N–H and O–H groups in total. The van der Waals surface area contributed by atoms with Crippen LogP contribution in [0.3, 0.4) is 0 Å². The molecule has 150 valence electrons. The fourth-order valence-corrected chi connectivity index (χ4v) is 3.82. The van der Waals surface area contributed by atoms with Crippen molar-refractivity contribution in [2.45, 2.75) is 54.5 Å². The van der Waals surface area contributed by atoms with Crippen molar-refractivity contribution < 1.29 is 48.5 Å². The Morgan fingerprint density at radius 2 is 1.73 bits per heavy atom. The van der Waals surface area contributed by atoms with Crippen LogP contribution in [-0.2, 0) is 23.9 Å². The summed E-state index contributed by atoms with van der Waals surface area (Å²) in [6.07, 6.45) is -9.62. The number of ether oxygens (including phenoxy) is 1. The van der Waals surface area contributed by atoms with E-state index in [1.807, 2.05) is 0 Å². The number of carbonyl (C=O) groups is 4. The van der Waals surface area contributed by atoms with Crippen LogP contribution in [0.4, 0.5) is 0 Å². The minimum absolute atomic E-state index is 0.330. The standard InChI is InChI=1S/C15H25NO9Se/c1-10(2)26-12(21)15(16,24)14(23,4-6-18)13(22,3-5-17)11(20)9-25-8-7-19/h5-7,10-11,20,22-24H,3-4,8-9,16H2,1-2H3/t11-,13-,14+,15+/m1/s1/i5D,6D,7D. The van der Waals surface area contributed by atoms with Crippen molar-refractivity contribution in [1.82, 2.24) is 0 Å². The van der Waals surface area contributed by atoms with E-state index in [2.05, 4.69) is 4.74 Å². The van der Waals surface area contributed by atoms with Crippen molar-refractivity contribution in [2.24, 2.45) is 5.73 Å². The van der Waals surface area contributed by atoms with E-state index in [9.17, 15) is 39.6 Å². The average Bonchev–Trinajstić information content (AvgIpc) is 2.51. The molecule has 0 heterocycles. The molecule has 0 aliphatic rings. The molecule has 0 fully saturated rings. The van der Waals surface area contributed by atoms with Crippen LogP contribution in [0.2, 0.25) is 4.82 Å².